The Bertz CT molecular complexity index is 731. The van der Waals surface area contributed by atoms with Crippen molar-refractivity contribution in [3.8, 4) is 5.75 Å². The Morgan fingerprint density at radius 1 is 1.32 bits per heavy atom. The number of methoxy groups -OCH3 is 1. The number of benzene rings is 1. The van der Waals surface area contributed by atoms with Crippen LogP contribution in [0.4, 0.5) is 0 Å². The number of hydrogen-bond acceptors (Lipinski definition) is 5. The highest BCUT2D eigenvalue weighted by atomic mass is 35.5. The lowest BCUT2D eigenvalue weighted by atomic mass is 10.3. The van der Waals surface area contributed by atoms with Crippen LogP contribution in [0.2, 0.25) is 5.15 Å². The van der Waals surface area contributed by atoms with E-state index in [4.69, 9.17) is 16.3 Å². The molecule has 0 atom stereocenters. The Balaban J connectivity index is 2.02. The van der Waals surface area contributed by atoms with E-state index in [1.807, 2.05) is 24.3 Å². The van der Waals surface area contributed by atoms with Crippen LogP contribution in [0.1, 0.15) is 0 Å². The lowest BCUT2D eigenvalue weighted by molar-refractivity contribution is 0.413. The van der Waals surface area contributed by atoms with Gasteiger partial charge in [-0.3, -0.25) is 0 Å². The molecule has 0 amide bonds. The molecule has 0 spiro atoms. The highest BCUT2D eigenvalue weighted by Crippen LogP contribution is 2.30. The van der Waals surface area contributed by atoms with Gasteiger partial charge in [0, 0.05) is 11.0 Å². The normalized spacial score (nSPS) is 10.8. The van der Waals surface area contributed by atoms with Gasteiger partial charge in [-0.15, -0.1) is 0 Å². The van der Waals surface area contributed by atoms with E-state index in [9.17, 15) is 0 Å². The molecule has 2 aromatic heterocycles. The summed E-state index contributed by atoms with van der Waals surface area (Å²) in [5.41, 5.74) is 0. The van der Waals surface area contributed by atoms with E-state index in [1.165, 1.54) is 18.1 Å². The molecule has 0 fully saturated rings. The second kappa shape index (κ2) is 5.07. The van der Waals surface area contributed by atoms with E-state index in [0.29, 0.717) is 10.9 Å². The summed E-state index contributed by atoms with van der Waals surface area (Å²) < 4.78 is 6.85. The summed E-state index contributed by atoms with van der Waals surface area (Å²) in [6.45, 7) is 0. The number of ether oxygens (including phenoxy) is 1. The zero-order valence-electron chi connectivity index (χ0n) is 9.95. The van der Waals surface area contributed by atoms with Gasteiger partial charge in [-0.25, -0.2) is 0 Å². The van der Waals surface area contributed by atoms with E-state index in [1.54, 1.807) is 17.7 Å². The maximum Gasteiger partial charge on any atom is 0.254 e. The zero-order valence-corrected chi connectivity index (χ0v) is 11.5. The number of rotatable bonds is 3. The Morgan fingerprint density at radius 2 is 2.21 bits per heavy atom. The van der Waals surface area contributed by atoms with Crippen molar-refractivity contribution in [1.29, 1.82) is 0 Å². The molecule has 96 valence electrons. The molecule has 2 heterocycles. The summed E-state index contributed by atoms with van der Waals surface area (Å²) in [7, 11) is 1.64. The average molecular weight is 293 g/mol. The van der Waals surface area contributed by atoms with Crippen molar-refractivity contribution < 1.29 is 4.74 Å². The smallest absolute Gasteiger partial charge is 0.254 e. The number of aromatic nitrogens is 4. The van der Waals surface area contributed by atoms with E-state index < -0.39 is 0 Å². The number of hydrogen-bond donors (Lipinski definition) is 0. The van der Waals surface area contributed by atoms with Crippen molar-refractivity contribution >= 4 is 29.1 Å². The van der Waals surface area contributed by atoms with Gasteiger partial charge in [0.05, 0.1) is 7.11 Å². The molecule has 0 aliphatic carbocycles. The minimum Gasteiger partial charge on any atom is -0.497 e. The first-order chi connectivity index (χ1) is 9.26. The quantitative estimate of drug-likeness (QED) is 0.695. The van der Waals surface area contributed by atoms with Crippen LogP contribution in [0, 0.1) is 0 Å². The number of halogens is 1. The fourth-order valence-electron chi connectivity index (χ4n) is 1.62. The molecule has 5 nitrogen and oxygen atoms in total. The summed E-state index contributed by atoms with van der Waals surface area (Å²) in [5, 5.41) is 5.37. The van der Waals surface area contributed by atoms with Crippen LogP contribution in [0.5, 0.6) is 5.75 Å². The molecular formula is C12H9ClN4OS. The van der Waals surface area contributed by atoms with Gasteiger partial charge in [0.15, 0.2) is 0 Å². The molecule has 3 rings (SSSR count). The van der Waals surface area contributed by atoms with Crippen molar-refractivity contribution in [1.82, 2.24) is 19.6 Å². The molecule has 0 unspecified atom stereocenters. The van der Waals surface area contributed by atoms with Gasteiger partial charge in [-0.1, -0.05) is 29.4 Å². The fourth-order valence-corrected chi connectivity index (χ4v) is 2.81. The van der Waals surface area contributed by atoms with E-state index in [-0.39, 0.29) is 0 Å². The molecule has 19 heavy (non-hydrogen) atoms. The van der Waals surface area contributed by atoms with Crippen LogP contribution in [-0.4, -0.2) is 26.7 Å². The third-order valence-electron chi connectivity index (χ3n) is 2.45. The van der Waals surface area contributed by atoms with Crippen molar-refractivity contribution in [3.63, 3.8) is 0 Å². The Labute approximate surface area is 118 Å². The van der Waals surface area contributed by atoms with Gasteiger partial charge in [-0.05, 0) is 18.2 Å². The standard InChI is InChI=1S/C12H9ClN4OS/c1-18-8-3-2-4-9(5-8)19-11-6-10(13)16-12-14-7-15-17(11)12/h2-7H,1H3. The second-order valence-corrected chi connectivity index (χ2v) is 5.15. The molecule has 0 aliphatic heterocycles. The van der Waals surface area contributed by atoms with Gasteiger partial charge in [0.25, 0.3) is 5.78 Å². The van der Waals surface area contributed by atoms with Crippen molar-refractivity contribution in [3.05, 3.63) is 41.8 Å². The van der Waals surface area contributed by atoms with Gasteiger partial charge >= 0.3 is 0 Å². The lowest BCUT2D eigenvalue weighted by Gasteiger charge is -2.05. The molecule has 0 radical (unpaired) electrons. The van der Waals surface area contributed by atoms with Crippen molar-refractivity contribution in [2.24, 2.45) is 0 Å². The molecule has 0 bridgehead atoms. The molecule has 0 saturated carbocycles. The SMILES string of the molecule is COc1cccc(Sc2cc(Cl)nc3ncnn23)c1. The largest absolute Gasteiger partial charge is 0.497 e. The third kappa shape index (κ3) is 2.50. The zero-order chi connectivity index (χ0) is 13.2. The van der Waals surface area contributed by atoms with Crippen LogP contribution in [0.25, 0.3) is 5.78 Å². The molecule has 0 saturated heterocycles. The predicted molar refractivity (Wildman–Crippen MR) is 72.9 cm³/mol. The van der Waals surface area contributed by atoms with Gasteiger partial charge in [0.2, 0.25) is 0 Å². The van der Waals surface area contributed by atoms with Crippen molar-refractivity contribution in [2.75, 3.05) is 7.11 Å². The summed E-state index contributed by atoms with van der Waals surface area (Å²) in [5.74, 6) is 1.29. The molecule has 3 aromatic rings. The second-order valence-electron chi connectivity index (χ2n) is 3.67. The lowest BCUT2D eigenvalue weighted by Crippen LogP contribution is -1.95. The first-order valence-corrected chi connectivity index (χ1v) is 6.64. The first kappa shape index (κ1) is 12.3. The highest BCUT2D eigenvalue weighted by Gasteiger charge is 2.08. The van der Waals surface area contributed by atoms with Crippen LogP contribution < -0.4 is 4.74 Å². The van der Waals surface area contributed by atoms with Crippen LogP contribution in [0.3, 0.4) is 0 Å². The summed E-state index contributed by atoms with van der Waals surface area (Å²) >= 11 is 7.50. The molecule has 0 N–H and O–H groups in total. The predicted octanol–water partition coefficient (Wildman–Crippen LogP) is 2.94. The number of fused-ring (bicyclic) bond motifs is 1. The highest BCUT2D eigenvalue weighted by molar-refractivity contribution is 7.99. The van der Waals surface area contributed by atoms with Crippen LogP contribution in [-0.2, 0) is 0 Å². The van der Waals surface area contributed by atoms with Crippen molar-refractivity contribution in [2.45, 2.75) is 9.92 Å². The maximum atomic E-state index is 5.98. The Morgan fingerprint density at radius 3 is 3.05 bits per heavy atom. The summed E-state index contributed by atoms with van der Waals surface area (Å²) in [4.78, 5) is 9.15. The van der Waals surface area contributed by atoms with E-state index >= 15 is 0 Å². The molecule has 0 aliphatic rings. The Kier molecular flexibility index (Phi) is 3.27. The average Bonchev–Trinajstić information content (AvgIpc) is 2.87. The third-order valence-corrected chi connectivity index (χ3v) is 3.63. The molecule has 1 aromatic carbocycles. The monoisotopic (exact) mass is 292 g/mol. The summed E-state index contributed by atoms with van der Waals surface area (Å²) in [6.07, 6.45) is 1.45. The minimum absolute atomic E-state index is 0.394. The topological polar surface area (TPSA) is 52.3 Å². The summed E-state index contributed by atoms with van der Waals surface area (Å²) in [6, 6.07) is 9.52. The van der Waals surface area contributed by atoms with Gasteiger partial charge in [-0.2, -0.15) is 19.6 Å². The van der Waals surface area contributed by atoms with Crippen LogP contribution >= 0.6 is 23.4 Å². The minimum atomic E-state index is 0.394. The molecular weight excluding hydrogens is 284 g/mol. The van der Waals surface area contributed by atoms with E-state index in [0.717, 1.165) is 15.7 Å². The van der Waals surface area contributed by atoms with Crippen LogP contribution in [0.15, 0.2) is 46.6 Å². The number of nitrogens with zero attached hydrogens (tertiary/aromatic N) is 4. The Hall–Kier alpha value is -1.79. The van der Waals surface area contributed by atoms with Gasteiger partial charge < -0.3 is 4.74 Å². The first-order valence-electron chi connectivity index (χ1n) is 5.44. The fraction of sp³-hybridized carbons (Fsp3) is 0.0833. The maximum absolute atomic E-state index is 5.98. The van der Waals surface area contributed by atoms with Gasteiger partial charge in [0.1, 0.15) is 22.3 Å². The van der Waals surface area contributed by atoms with E-state index in [2.05, 4.69) is 15.1 Å². The molecule has 7 heteroatoms.